The number of aromatic nitrogens is 1. The van der Waals surface area contributed by atoms with Gasteiger partial charge in [-0.05, 0) is 17.2 Å². The monoisotopic (exact) mass is 229 g/mol. The Labute approximate surface area is 97.8 Å². The maximum atomic E-state index is 11.6. The number of nitrogens with zero attached hydrogens (tertiary/aromatic N) is 1. The van der Waals surface area contributed by atoms with Crippen LogP contribution in [0, 0.1) is 0 Å². The summed E-state index contributed by atoms with van der Waals surface area (Å²) < 4.78 is 1.28. The van der Waals surface area contributed by atoms with Crippen LogP contribution >= 0.6 is 0 Å². The van der Waals surface area contributed by atoms with Crippen molar-refractivity contribution in [3.05, 3.63) is 58.5 Å². The quantitative estimate of drug-likeness (QED) is 0.853. The standard InChI is InChI=1S/C13H11NO3/c1-14-8-10(9-5-3-2-4-6-9)7-11(12(14)15)13(16)17/h2-8H,1H3,(H,16,17). The summed E-state index contributed by atoms with van der Waals surface area (Å²) in [5.41, 5.74) is 0.877. The first kappa shape index (κ1) is 11.1. The Bertz CT molecular complexity index is 614. The van der Waals surface area contributed by atoms with Crippen molar-refractivity contribution in [2.75, 3.05) is 0 Å². The fourth-order valence-electron chi connectivity index (χ4n) is 1.65. The van der Waals surface area contributed by atoms with Gasteiger partial charge in [0.1, 0.15) is 5.56 Å². The number of aryl methyl sites for hydroxylation is 1. The van der Waals surface area contributed by atoms with Crippen LogP contribution in [0.2, 0.25) is 0 Å². The summed E-state index contributed by atoms with van der Waals surface area (Å²) in [7, 11) is 1.54. The van der Waals surface area contributed by atoms with E-state index in [0.717, 1.165) is 5.56 Å². The normalized spacial score (nSPS) is 10.2. The molecule has 0 amide bonds. The lowest BCUT2D eigenvalue weighted by molar-refractivity contribution is 0.0694. The van der Waals surface area contributed by atoms with Gasteiger partial charge in [-0.25, -0.2) is 4.79 Å². The van der Waals surface area contributed by atoms with Gasteiger partial charge < -0.3 is 9.67 Å². The maximum Gasteiger partial charge on any atom is 0.341 e. The van der Waals surface area contributed by atoms with Gasteiger partial charge in [-0.15, -0.1) is 0 Å². The minimum Gasteiger partial charge on any atom is -0.477 e. The minimum absolute atomic E-state index is 0.214. The van der Waals surface area contributed by atoms with Gasteiger partial charge in [-0.3, -0.25) is 4.79 Å². The summed E-state index contributed by atoms with van der Waals surface area (Å²) in [6.45, 7) is 0. The molecule has 2 rings (SSSR count). The molecule has 1 aromatic carbocycles. The van der Waals surface area contributed by atoms with Crippen molar-refractivity contribution < 1.29 is 9.90 Å². The van der Waals surface area contributed by atoms with E-state index in [4.69, 9.17) is 5.11 Å². The molecule has 0 saturated heterocycles. The first-order valence-corrected chi connectivity index (χ1v) is 5.09. The second-order valence-corrected chi connectivity index (χ2v) is 3.73. The third-order valence-electron chi connectivity index (χ3n) is 2.52. The molecule has 0 unspecified atom stereocenters. The molecule has 4 heteroatoms. The predicted molar refractivity (Wildman–Crippen MR) is 64.1 cm³/mol. The van der Waals surface area contributed by atoms with E-state index in [-0.39, 0.29) is 5.56 Å². The van der Waals surface area contributed by atoms with Crippen LogP contribution in [0.25, 0.3) is 11.1 Å². The molecule has 0 atom stereocenters. The highest BCUT2D eigenvalue weighted by Gasteiger charge is 2.12. The van der Waals surface area contributed by atoms with Crippen molar-refractivity contribution in [1.82, 2.24) is 4.57 Å². The average molecular weight is 229 g/mol. The molecule has 17 heavy (non-hydrogen) atoms. The number of aromatic carboxylic acids is 1. The Hall–Kier alpha value is -2.36. The van der Waals surface area contributed by atoms with E-state index in [1.165, 1.54) is 10.6 Å². The smallest absolute Gasteiger partial charge is 0.341 e. The van der Waals surface area contributed by atoms with Crippen LogP contribution in [0.15, 0.2) is 47.4 Å². The first-order valence-electron chi connectivity index (χ1n) is 5.09. The van der Waals surface area contributed by atoms with E-state index in [2.05, 4.69) is 0 Å². The Morgan fingerprint density at radius 2 is 1.82 bits per heavy atom. The summed E-state index contributed by atoms with van der Waals surface area (Å²) in [5.74, 6) is -1.21. The number of carboxylic acids is 1. The molecule has 1 N–H and O–H groups in total. The highest BCUT2D eigenvalue weighted by Crippen LogP contribution is 2.18. The number of hydrogen-bond donors (Lipinski definition) is 1. The molecule has 0 saturated carbocycles. The third kappa shape index (κ3) is 2.10. The molecule has 0 fully saturated rings. The fraction of sp³-hybridized carbons (Fsp3) is 0.0769. The molecule has 4 nitrogen and oxygen atoms in total. The van der Waals surface area contributed by atoms with Gasteiger partial charge in [0.15, 0.2) is 0 Å². The SMILES string of the molecule is Cn1cc(-c2ccccc2)cc(C(=O)O)c1=O. The lowest BCUT2D eigenvalue weighted by Gasteiger charge is -2.06. The first-order chi connectivity index (χ1) is 8.09. The Morgan fingerprint density at radius 3 is 2.41 bits per heavy atom. The zero-order valence-electron chi connectivity index (χ0n) is 9.25. The van der Waals surface area contributed by atoms with Crippen molar-refractivity contribution in [3.8, 4) is 11.1 Å². The number of hydrogen-bond acceptors (Lipinski definition) is 2. The van der Waals surface area contributed by atoms with Crippen molar-refractivity contribution in [1.29, 1.82) is 0 Å². The van der Waals surface area contributed by atoms with Gasteiger partial charge in [0.2, 0.25) is 0 Å². The number of rotatable bonds is 2. The zero-order chi connectivity index (χ0) is 12.4. The molecule has 0 aliphatic carbocycles. The van der Waals surface area contributed by atoms with Crippen LogP contribution in [0.5, 0.6) is 0 Å². The Morgan fingerprint density at radius 1 is 1.18 bits per heavy atom. The summed E-state index contributed by atoms with van der Waals surface area (Å²) in [5, 5.41) is 8.95. The topological polar surface area (TPSA) is 59.3 Å². The van der Waals surface area contributed by atoms with E-state index >= 15 is 0 Å². The van der Waals surface area contributed by atoms with Crippen LogP contribution in [-0.4, -0.2) is 15.6 Å². The van der Waals surface area contributed by atoms with Crippen molar-refractivity contribution in [2.24, 2.45) is 7.05 Å². The molecule has 1 heterocycles. The number of pyridine rings is 1. The van der Waals surface area contributed by atoms with Gasteiger partial charge in [0, 0.05) is 13.2 Å². The van der Waals surface area contributed by atoms with E-state index < -0.39 is 11.5 Å². The predicted octanol–water partition coefficient (Wildman–Crippen LogP) is 1.75. The van der Waals surface area contributed by atoms with Crippen LogP contribution in [0.4, 0.5) is 0 Å². The number of benzene rings is 1. The molecular formula is C13H11NO3. The van der Waals surface area contributed by atoms with Gasteiger partial charge in [-0.1, -0.05) is 30.3 Å². The molecule has 1 aromatic heterocycles. The second-order valence-electron chi connectivity index (χ2n) is 3.73. The highest BCUT2D eigenvalue weighted by molar-refractivity contribution is 5.88. The molecule has 0 radical (unpaired) electrons. The largest absolute Gasteiger partial charge is 0.477 e. The average Bonchev–Trinajstić information content (AvgIpc) is 2.33. The van der Waals surface area contributed by atoms with Crippen molar-refractivity contribution >= 4 is 5.97 Å². The summed E-state index contributed by atoms with van der Waals surface area (Å²) in [6.07, 6.45) is 1.63. The highest BCUT2D eigenvalue weighted by atomic mass is 16.4. The summed E-state index contributed by atoms with van der Waals surface area (Å²) >= 11 is 0. The zero-order valence-corrected chi connectivity index (χ0v) is 9.25. The van der Waals surface area contributed by atoms with Crippen molar-refractivity contribution in [3.63, 3.8) is 0 Å². The summed E-state index contributed by atoms with van der Waals surface area (Å²) in [6, 6.07) is 10.7. The molecule has 0 spiro atoms. The Balaban J connectivity index is 2.66. The molecule has 0 bridgehead atoms. The van der Waals surface area contributed by atoms with E-state index in [1.54, 1.807) is 13.2 Å². The van der Waals surface area contributed by atoms with Crippen molar-refractivity contribution in [2.45, 2.75) is 0 Å². The van der Waals surface area contributed by atoms with Gasteiger partial charge in [0.25, 0.3) is 5.56 Å². The van der Waals surface area contributed by atoms with E-state index in [9.17, 15) is 9.59 Å². The van der Waals surface area contributed by atoms with E-state index in [1.807, 2.05) is 30.3 Å². The lowest BCUT2D eigenvalue weighted by Crippen LogP contribution is -2.23. The fourth-order valence-corrected chi connectivity index (χ4v) is 1.65. The Kier molecular flexibility index (Phi) is 2.78. The van der Waals surface area contributed by atoms with Crippen LogP contribution in [0.1, 0.15) is 10.4 Å². The molecule has 86 valence electrons. The minimum atomic E-state index is -1.21. The second kappa shape index (κ2) is 4.25. The molecule has 0 aliphatic heterocycles. The third-order valence-corrected chi connectivity index (χ3v) is 2.52. The molecule has 2 aromatic rings. The van der Waals surface area contributed by atoms with Gasteiger partial charge in [0.05, 0.1) is 0 Å². The number of carbonyl (C=O) groups is 1. The van der Waals surface area contributed by atoms with Crippen LogP contribution in [-0.2, 0) is 7.05 Å². The van der Waals surface area contributed by atoms with Crippen LogP contribution in [0.3, 0.4) is 0 Å². The lowest BCUT2D eigenvalue weighted by atomic mass is 10.1. The molecular weight excluding hydrogens is 218 g/mol. The van der Waals surface area contributed by atoms with Crippen LogP contribution < -0.4 is 5.56 Å². The van der Waals surface area contributed by atoms with E-state index in [0.29, 0.717) is 5.56 Å². The van der Waals surface area contributed by atoms with Gasteiger partial charge in [-0.2, -0.15) is 0 Å². The molecule has 0 aliphatic rings. The maximum absolute atomic E-state index is 11.6. The van der Waals surface area contributed by atoms with Gasteiger partial charge >= 0.3 is 5.97 Å². The summed E-state index contributed by atoms with van der Waals surface area (Å²) in [4.78, 5) is 22.5. The number of carboxylic acid groups (broad SMARTS) is 1.